The maximum Gasteiger partial charge on any atom is 0.323 e. The number of benzene rings is 2. The number of piperazine rings is 1. The number of carbonyl (C=O) groups excluding carboxylic acids is 2. The largest absolute Gasteiger partial charge is 0.378 e. The van der Waals surface area contributed by atoms with Crippen LogP contribution in [0.4, 0.5) is 22.0 Å². The molecule has 4 heterocycles. The normalized spacial score (nSPS) is 17.7. The summed E-state index contributed by atoms with van der Waals surface area (Å²) in [5.74, 6) is 1.57. The molecule has 224 valence electrons. The van der Waals surface area contributed by atoms with Crippen molar-refractivity contribution in [3.05, 3.63) is 66.4 Å². The highest BCUT2D eigenvalue weighted by atomic mass is 16.5. The summed E-state index contributed by atoms with van der Waals surface area (Å²) in [6.45, 7) is 10.2. The lowest BCUT2D eigenvalue weighted by molar-refractivity contribution is 0.0572. The second-order valence-corrected chi connectivity index (χ2v) is 11.1. The smallest absolute Gasteiger partial charge is 0.323 e. The number of hydrogen-bond acceptors (Lipinski definition) is 7. The highest BCUT2D eigenvalue weighted by Gasteiger charge is 2.25. The molecule has 0 bridgehead atoms. The minimum Gasteiger partial charge on any atom is -0.378 e. The summed E-state index contributed by atoms with van der Waals surface area (Å²) in [6, 6.07) is 16.6. The third-order valence-electron chi connectivity index (χ3n) is 8.29. The third kappa shape index (κ3) is 6.18. The first-order valence-electron chi connectivity index (χ1n) is 14.9. The number of aryl methyl sites for hydroxylation is 1. The van der Waals surface area contributed by atoms with Gasteiger partial charge in [-0.25, -0.2) is 14.8 Å². The van der Waals surface area contributed by atoms with E-state index in [1.165, 1.54) is 0 Å². The van der Waals surface area contributed by atoms with Crippen molar-refractivity contribution >= 4 is 40.2 Å². The van der Waals surface area contributed by atoms with Crippen LogP contribution in [-0.2, 0) is 11.3 Å². The number of aromatic nitrogens is 3. The Bertz CT molecular complexity index is 1600. The van der Waals surface area contributed by atoms with E-state index in [9.17, 15) is 9.59 Å². The molecule has 2 N–H and O–H groups in total. The Hall–Kier alpha value is -4.48. The fourth-order valence-electron chi connectivity index (χ4n) is 5.56. The van der Waals surface area contributed by atoms with Gasteiger partial charge in [-0.3, -0.25) is 4.79 Å². The molecule has 43 heavy (non-hydrogen) atoms. The number of urea groups is 1. The summed E-state index contributed by atoms with van der Waals surface area (Å²) >= 11 is 0. The number of carbonyl (C=O) groups is 2. The van der Waals surface area contributed by atoms with Gasteiger partial charge in [-0.05, 0) is 75.5 Å². The molecule has 0 radical (unpaired) electrons. The Kier molecular flexibility index (Phi) is 8.26. The van der Waals surface area contributed by atoms with Gasteiger partial charge in [0.25, 0.3) is 5.91 Å². The number of rotatable bonds is 6. The number of anilines is 3. The Balaban J connectivity index is 1.11. The van der Waals surface area contributed by atoms with E-state index in [1.54, 1.807) is 24.3 Å². The van der Waals surface area contributed by atoms with Crippen LogP contribution in [0.5, 0.6) is 0 Å². The maximum atomic E-state index is 12.9. The summed E-state index contributed by atoms with van der Waals surface area (Å²) in [5.41, 5.74) is 3.63. The lowest BCUT2D eigenvalue weighted by Crippen LogP contribution is -2.52. The van der Waals surface area contributed by atoms with Gasteiger partial charge >= 0.3 is 6.03 Å². The van der Waals surface area contributed by atoms with E-state index in [0.29, 0.717) is 55.1 Å². The molecule has 2 aliphatic rings. The van der Waals surface area contributed by atoms with E-state index >= 15 is 0 Å². The SMILES string of the molecule is CCn1ccc2c(N3CCOCC3)nc(-c3ccc(NC(=O)Nc4ccc(C(=O)N5CCN(C)[C@H](C)C5)cc4)cc3)nc21. The number of nitrogens with one attached hydrogen (secondary N) is 2. The molecule has 0 saturated carbocycles. The summed E-state index contributed by atoms with van der Waals surface area (Å²) in [5, 5.41) is 6.76. The van der Waals surface area contributed by atoms with Crippen LogP contribution >= 0.6 is 0 Å². The Labute approximate surface area is 251 Å². The van der Waals surface area contributed by atoms with E-state index in [2.05, 4.69) is 58.2 Å². The van der Waals surface area contributed by atoms with Gasteiger partial charge in [-0.15, -0.1) is 0 Å². The Morgan fingerprint density at radius 2 is 1.58 bits per heavy atom. The standard InChI is InChI=1S/C32H38N8O3/c1-4-38-14-13-27-29(38)35-28(36-30(27)39-17-19-43-20-18-39)23-5-9-25(10-6-23)33-32(42)34-26-11-7-24(8-12-26)31(41)40-16-15-37(3)22(2)21-40/h5-14,22H,4,15-21H2,1-3H3,(H2,33,34,42)/t22-/m1/s1. The monoisotopic (exact) mass is 582 g/mol. The fraction of sp³-hybridized carbons (Fsp3) is 0.375. The molecule has 11 heteroatoms. The molecule has 0 aliphatic carbocycles. The zero-order chi connectivity index (χ0) is 29.9. The van der Waals surface area contributed by atoms with Crippen LogP contribution in [0.2, 0.25) is 0 Å². The van der Waals surface area contributed by atoms with E-state index in [-0.39, 0.29) is 11.9 Å². The first-order chi connectivity index (χ1) is 20.9. The zero-order valence-corrected chi connectivity index (χ0v) is 24.9. The molecule has 2 aromatic carbocycles. The molecule has 2 aromatic heterocycles. The number of amides is 3. The minimum absolute atomic E-state index is 0.0131. The molecule has 2 saturated heterocycles. The van der Waals surface area contributed by atoms with Gasteiger partial charge in [0.2, 0.25) is 0 Å². The number of ether oxygens (including phenoxy) is 1. The molecule has 11 nitrogen and oxygen atoms in total. The van der Waals surface area contributed by atoms with Crippen molar-refractivity contribution in [1.29, 1.82) is 0 Å². The molecule has 1 atom stereocenters. The number of morpholine rings is 1. The van der Waals surface area contributed by atoms with Crippen molar-refractivity contribution in [3.8, 4) is 11.4 Å². The van der Waals surface area contributed by atoms with Crippen molar-refractivity contribution in [1.82, 2.24) is 24.3 Å². The van der Waals surface area contributed by atoms with Crippen LogP contribution in [-0.4, -0.2) is 95.3 Å². The average molecular weight is 583 g/mol. The average Bonchev–Trinajstić information content (AvgIpc) is 3.46. The Morgan fingerprint density at radius 3 is 2.23 bits per heavy atom. The number of fused-ring (bicyclic) bond motifs is 1. The fourth-order valence-corrected chi connectivity index (χ4v) is 5.56. The second kappa shape index (κ2) is 12.4. The van der Waals surface area contributed by atoms with Gasteiger partial charge in [0.15, 0.2) is 5.82 Å². The lowest BCUT2D eigenvalue weighted by atomic mass is 10.1. The van der Waals surface area contributed by atoms with Gasteiger partial charge in [-0.1, -0.05) is 0 Å². The predicted octanol–water partition coefficient (Wildman–Crippen LogP) is 4.37. The van der Waals surface area contributed by atoms with Crippen molar-refractivity contribution in [3.63, 3.8) is 0 Å². The number of hydrogen-bond donors (Lipinski definition) is 2. The Morgan fingerprint density at radius 1 is 0.907 bits per heavy atom. The zero-order valence-electron chi connectivity index (χ0n) is 24.9. The molecule has 4 aromatic rings. The maximum absolute atomic E-state index is 12.9. The van der Waals surface area contributed by atoms with E-state index in [0.717, 1.165) is 48.6 Å². The summed E-state index contributed by atoms with van der Waals surface area (Å²) in [4.78, 5) is 41.9. The van der Waals surface area contributed by atoms with Gasteiger partial charge < -0.3 is 34.6 Å². The minimum atomic E-state index is -0.368. The summed E-state index contributed by atoms with van der Waals surface area (Å²) in [7, 11) is 2.08. The molecule has 0 spiro atoms. The lowest BCUT2D eigenvalue weighted by Gasteiger charge is -2.37. The van der Waals surface area contributed by atoms with Crippen LogP contribution < -0.4 is 15.5 Å². The molecule has 6 rings (SSSR count). The predicted molar refractivity (Wildman–Crippen MR) is 169 cm³/mol. The molecule has 3 amide bonds. The second-order valence-electron chi connectivity index (χ2n) is 11.1. The van der Waals surface area contributed by atoms with Crippen molar-refractivity contribution in [2.45, 2.75) is 26.4 Å². The first kappa shape index (κ1) is 28.6. The van der Waals surface area contributed by atoms with Gasteiger partial charge in [0.05, 0.1) is 18.6 Å². The van der Waals surface area contributed by atoms with E-state index in [4.69, 9.17) is 14.7 Å². The van der Waals surface area contributed by atoms with E-state index in [1.807, 2.05) is 29.2 Å². The molecular formula is C32H38N8O3. The highest BCUT2D eigenvalue weighted by Crippen LogP contribution is 2.29. The quantitative estimate of drug-likeness (QED) is 0.348. The van der Waals surface area contributed by atoms with Crippen LogP contribution in [0, 0.1) is 0 Å². The van der Waals surface area contributed by atoms with Crippen LogP contribution in [0.1, 0.15) is 24.2 Å². The first-order valence-corrected chi connectivity index (χ1v) is 14.9. The van der Waals surface area contributed by atoms with Crippen LogP contribution in [0.3, 0.4) is 0 Å². The number of nitrogens with zero attached hydrogens (tertiary/aromatic N) is 6. The molecular weight excluding hydrogens is 544 g/mol. The molecule has 0 unspecified atom stereocenters. The molecule has 2 fully saturated rings. The summed E-state index contributed by atoms with van der Waals surface area (Å²) < 4.78 is 7.68. The van der Waals surface area contributed by atoms with E-state index < -0.39 is 0 Å². The van der Waals surface area contributed by atoms with Gasteiger partial charge in [-0.2, -0.15) is 0 Å². The molecule has 2 aliphatic heterocycles. The highest BCUT2D eigenvalue weighted by molar-refractivity contribution is 6.00. The van der Waals surface area contributed by atoms with Gasteiger partial charge in [0, 0.05) is 74.0 Å². The topological polar surface area (TPSA) is 108 Å². The summed E-state index contributed by atoms with van der Waals surface area (Å²) in [6.07, 6.45) is 2.05. The van der Waals surface area contributed by atoms with Crippen LogP contribution in [0.25, 0.3) is 22.4 Å². The van der Waals surface area contributed by atoms with Crippen molar-refractivity contribution in [2.75, 3.05) is 68.5 Å². The number of likely N-dealkylation sites (N-methyl/N-ethyl adjacent to an activating group) is 1. The van der Waals surface area contributed by atoms with Crippen LogP contribution in [0.15, 0.2) is 60.8 Å². The van der Waals surface area contributed by atoms with Gasteiger partial charge in [0.1, 0.15) is 11.5 Å². The third-order valence-corrected chi connectivity index (χ3v) is 8.29. The van der Waals surface area contributed by atoms with Crippen molar-refractivity contribution < 1.29 is 14.3 Å². The van der Waals surface area contributed by atoms with Crippen molar-refractivity contribution in [2.24, 2.45) is 0 Å².